The Morgan fingerprint density at radius 3 is 2.52 bits per heavy atom. The van der Waals surface area contributed by atoms with Crippen molar-refractivity contribution in [1.82, 2.24) is 5.32 Å². The molecule has 6 heteroatoms. The number of carboxylic acids is 1. The maximum atomic E-state index is 11.5. The number of aliphatic hydroxyl groups is 1. The fourth-order valence-electron chi connectivity index (χ4n) is 3.88. The van der Waals surface area contributed by atoms with Crippen LogP contribution >= 0.6 is 0 Å². The topological polar surface area (TPSA) is 95.9 Å². The number of hydrogen-bond donors (Lipinski definition) is 3. The largest absolute Gasteiger partial charge is 0.478 e. The van der Waals surface area contributed by atoms with Gasteiger partial charge in [-0.05, 0) is 41.7 Å². The van der Waals surface area contributed by atoms with Gasteiger partial charge < -0.3 is 20.3 Å². The van der Waals surface area contributed by atoms with Crippen LogP contribution in [0, 0.1) is 0 Å². The zero-order valence-corrected chi connectivity index (χ0v) is 17.9. The molecule has 0 aliphatic carbocycles. The highest BCUT2D eigenvalue weighted by Gasteiger charge is 2.24. The van der Waals surface area contributed by atoms with Gasteiger partial charge in [-0.1, -0.05) is 62.6 Å². The molecule has 3 atom stereocenters. The molecule has 2 aromatic carbocycles. The normalized spacial score (nSPS) is 17.9. The molecule has 1 amide bonds. The van der Waals surface area contributed by atoms with Crippen molar-refractivity contribution in [2.24, 2.45) is 0 Å². The zero-order valence-electron chi connectivity index (χ0n) is 17.9. The number of benzene rings is 2. The number of carbonyl (C=O) groups is 2. The number of carboxylic acid groups (broad SMARTS) is 1. The molecule has 0 saturated carbocycles. The van der Waals surface area contributed by atoms with E-state index in [-0.39, 0.29) is 17.5 Å². The molecule has 1 fully saturated rings. The minimum Gasteiger partial charge on any atom is -0.478 e. The first kappa shape index (κ1) is 23.0. The highest BCUT2D eigenvalue weighted by Crippen LogP contribution is 2.29. The van der Waals surface area contributed by atoms with E-state index < -0.39 is 18.2 Å². The molecule has 1 aliphatic rings. The van der Waals surface area contributed by atoms with Crippen LogP contribution in [0.25, 0.3) is 0 Å². The molecule has 1 saturated heterocycles. The number of aromatic carboxylic acids is 1. The summed E-state index contributed by atoms with van der Waals surface area (Å²) in [6.45, 7) is 2.48. The van der Waals surface area contributed by atoms with E-state index >= 15 is 0 Å². The van der Waals surface area contributed by atoms with E-state index in [4.69, 9.17) is 4.74 Å². The summed E-state index contributed by atoms with van der Waals surface area (Å²) in [7, 11) is 0. The molecule has 1 aliphatic heterocycles. The minimum absolute atomic E-state index is 0.0273. The maximum absolute atomic E-state index is 11.5. The molecule has 3 rings (SSSR count). The Morgan fingerprint density at radius 1 is 1.13 bits per heavy atom. The Bertz CT molecular complexity index is 880. The van der Waals surface area contributed by atoms with Gasteiger partial charge in [0.25, 0.3) is 0 Å². The van der Waals surface area contributed by atoms with Gasteiger partial charge in [0.2, 0.25) is 5.91 Å². The number of unbranched alkanes of at least 4 members (excludes halogenated alkanes) is 2. The second-order valence-electron chi connectivity index (χ2n) is 8.13. The number of nitrogens with one attached hydrogen (secondary N) is 1. The maximum Gasteiger partial charge on any atom is 0.335 e. The average Bonchev–Trinajstić information content (AvgIpc) is 3.19. The first-order valence-electron chi connectivity index (χ1n) is 11.0. The van der Waals surface area contributed by atoms with Crippen LogP contribution in [0.4, 0.5) is 0 Å². The quantitative estimate of drug-likeness (QED) is 0.464. The van der Waals surface area contributed by atoms with Crippen molar-refractivity contribution in [3.63, 3.8) is 0 Å². The van der Waals surface area contributed by atoms with E-state index in [9.17, 15) is 19.8 Å². The van der Waals surface area contributed by atoms with Crippen LogP contribution in [-0.4, -0.2) is 34.7 Å². The lowest BCUT2D eigenvalue weighted by molar-refractivity contribution is -0.119. The molecule has 0 radical (unpaired) electrons. The van der Waals surface area contributed by atoms with Gasteiger partial charge in [-0.25, -0.2) is 4.79 Å². The lowest BCUT2D eigenvalue weighted by Crippen LogP contribution is -2.30. The highest BCUT2D eigenvalue weighted by atomic mass is 16.5. The zero-order chi connectivity index (χ0) is 22.2. The second kappa shape index (κ2) is 11.1. The summed E-state index contributed by atoms with van der Waals surface area (Å²) >= 11 is 0. The number of carbonyl (C=O) groups excluding carboxylic acids is 1. The summed E-state index contributed by atoms with van der Waals surface area (Å²) in [6.07, 6.45) is 4.19. The van der Waals surface area contributed by atoms with Gasteiger partial charge in [0.15, 0.2) is 0 Å². The standard InChI is InChI=1S/C25H31NO5/c1-2-3-4-8-22(27)17-9-11-18(12-10-17)24(31-16-21-13-14-23(28)26-21)19-6-5-7-20(15-19)25(29)30/h5-7,9-12,15,21-22,24,27H,2-4,8,13-14,16H2,1H3,(H,26,28)(H,29,30)/t21?,22?,24-/m1/s1. The Morgan fingerprint density at radius 2 is 1.87 bits per heavy atom. The first-order valence-corrected chi connectivity index (χ1v) is 11.0. The first-order chi connectivity index (χ1) is 15.0. The number of hydrogen-bond acceptors (Lipinski definition) is 4. The number of amides is 1. The van der Waals surface area contributed by atoms with Gasteiger partial charge in [0.05, 0.1) is 24.3 Å². The van der Waals surface area contributed by atoms with Crippen LogP contribution in [0.15, 0.2) is 48.5 Å². The summed E-state index contributed by atoms with van der Waals surface area (Å²) in [6, 6.07) is 14.3. The molecule has 1 heterocycles. The van der Waals surface area contributed by atoms with Crippen molar-refractivity contribution < 1.29 is 24.5 Å². The van der Waals surface area contributed by atoms with Crippen molar-refractivity contribution >= 4 is 11.9 Å². The third-order valence-corrected chi connectivity index (χ3v) is 5.69. The van der Waals surface area contributed by atoms with Crippen LogP contribution in [0.3, 0.4) is 0 Å². The van der Waals surface area contributed by atoms with Gasteiger partial charge >= 0.3 is 5.97 Å². The SMILES string of the molecule is CCCCCC(O)c1ccc([C@@H](OCC2CCC(=O)N2)c2cccc(C(=O)O)c2)cc1. The molecule has 166 valence electrons. The van der Waals surface area contributed by atoms with Gasteiger partial charge in [0.1, 0.15) is 6.10 Å². The minimum atomic E-state index is -0.991. The predicted octanol–water partition coefficient (Wildman–Crippen LogP) is 4.38. The van der Waals surface area contributed by atoms with E-state index in [1.54, 1.807) is 18.2 Å². The molecule has 0 spiro atoms. The van der Waals surface area contributed by atoms with Gasteiger partial charge in [-0.2, -0.15) is 0 Å². The summed E-state index contributed by atoms with van der Waals surface area (Å²) in [5, 5.41) is 22.7. The Kier molecular flexibility index (Phi) is 8.20. The average molecular weight is 426 g/mol. The molecular formula is C25H31NO5. The molecule has 31 heavy (non-hydrogen) atoms. The van der Waals surface area contributed by atoms with Crippen molar-refractivity contribution in [2.75, 3.05) is 6.61 Å². The molecular weight excluding hydrogens is 394 g/mol. The monoisotopic (exact) mass is 425 g/mol. The van der Waals surface area contributed by atoms with E-state index in [1.807, 2.05) is 30.3 Å². The second-order valence-corrected chi connectivity index (χ2v) is 8.13. The fraction of sp³-hybridized carbons (Fsp3) is 0.440. The van der Waals surface area contributed by atoms with Gasteiger partial charge in [0, 0.05) is 6.42 Å². The van der Waals surface area contributed by atoms with Crippen LogP contribution in [-0.2, 0) is 9.53 Å². The molecule has 0 aromatic heterocycles. The van der Waals surface area contributed by atoms with E-state index in [1.165, 1.54) is 0 Å². The summed E-state index contributed by atoms with van der Waals surface area (Å²) < 4.78 is 6.19. The summed E-state index contributed by atoms with van der Waals surface area (Å²) in [5.74, 6) is -0.964. The van der Waals surface area contributed by atoms with Gasteiger partial charge in [-0.3, -0.25) is 4.79 Å². The molecule has 3 N–H and O–H groups in total. The van der Waals surface area contributed by atoms with Crippen LogP contribution in [0.2, 0.25) is 0 Å². The highest BCUT2D eigenvalue weighted by molar-refractivity contribution is 5.87. The number of aliphatic hydroxyl groups excluding tert-OH is 1. The van der Waals surface area contributed by atoms with E-state index in [2.05, 4.69) is 12.2 Å². The lowest BCUT2D eigenvalue weighted by atomic mass is 9.96. The number of rotatable bonds is 11. The van der Waals surface area contributed by atoms with Crippen LogP contribution < -0.4 is 5.32 Å². The summed E-state index contributed by atoms with van der Waals surface area (Å²) in [4.78, 5) is 22.9. The van der Waals surface area contributed by atoms with E-state index in [0.29, 0.717) is 13.0 Å². The molecule has 2 unspecified atom stereocenters. The van der Waals surface area contributed by atoms with Crippen LogP contribution in [0.1, 0.15) is 84.7 Å². The summed E-state index contributed by atoms with van der Waals surface area (Å²) in [5.41, 5.74) is 2.67. The van der Waals surface area contributed by atoms with E-state index in [0.717, 1.165) is 48.8 Å². The number of ether oxygens (including phenoxy) is 1. The third kappa shape index (κ3) is 6.39. The van der Waals surface area contributed by atoms with Crippen molar-refractivity contribution in [3.8, 4) is 0 Å². The van der Waals surface area contributed by atoms with Crippen molar-refractivity contribution in [1.29, 1.82) is 0 Å². The third-order valence-electron chi connectivity index (χ3n) is 5.69. The smallest absolute Gasteiger partial charge is 0.335 e. The lowest BCUT2D eigenvalue weighted by Gasteiger charge is -2.22. The van der Waals surface area contributed by atoms with Crippen molar-refractivity contribution in [2.45, 2.75) is 63.7 Å². The Labute approximate surface area is 183 Å². The predicted molar refractivity (Wildman–Crippen MR) is 118 cm³/mol. The Hall–Kier alpha value is -2.70. The van der Waals surface area contributed by atoms with Crippen LogP contribution in [0.5, 0.6) is 0 Å². The fourth-order valence-corrected chi connectivity index (χ4v) is 3.88. The van der Waals surface area contributed by atoms with Gasteiger partial charge in [-0.15, -0.1) is 0 Å². The van der Waals surface area contributed by atoms with Crippen molar-refractivity contribution in [3.05, 3.63) is 70.8 Å². The Balaban J connectivity index is 1.79. The molecule has 2 aromatic rings. The molecule has 0 bridgehead atoms. The molecule has 6 nitrogen and oxygen atoms in total.